The highest BCUT2D eigenvalue weighted by Crippen LogP contribution is 2.26. The zero-order valence-electron chi connectivity index (χ0n) is 11.3. The van der Waals surface area contributed by atoms with Crippen molar-refractivity contribution < 1.29 is 0 Å². The van der Waals surface area contributed by atoms with E-state index in [0.717, 1.165) is 38.5 Å². The third kappa shape index (κ3) is 6.23. The van der Waals surface area contributed by atoms with Crippen LogP contribution in [0.3, 0.4) is 0 Å². The van der Waals surface area contributed by atoms with E-state index in [0.29, 0.717) is 0 Å². The van der Waals surface area contributed by atoms with Crippen LogP contribution in [0, 0.1) is 0 Å². The van der Waals surface area contributed by atoms with Gasteiger partial charge in [-0.05, 0) is 41.2 Å². The van der Waals surface area contributed by atoms with Crippen molar-refractivity contribution in [1.82, 2.24) is 10.2 Å². The van der Waals surface area contributed by atoms with Gasteiger partial charge < -0.3 is 10.2 Å². The van der Waals surface area contributed by atoms with E-state index in [1.807, 2.05) is 11.8 Å². The molecule has 18 heavy (non-hydrogen) atoms. The Labute approximate surface area is 124 Å². The highest BCUT2D eigenvalue weighted by atomic mass is 79.9. The summed E-state index contributed by atoms with van der Waals surface area (Å²) in [5.74, 6) is 1.11. The molecule has 0 aromatic heterocycles. The van der Waals surface area contributed by atoms with Gasteiger partial charge in [-0.15, -0.1) is 11.8 Å². The van der Waals surface area contributed by atoms with Crippen molar-refractivity contribution >= 4 is 27.7 Å². The fraction of sp³-hybridized carbons (Fsp3) is 0.571. The zero-order chi connectivity index (χ0) is 13.2. The molecule has 0 aliphatic carbocycles. The Morgan fingerprint density at radius 1 is 1.17 bits per heavy atom. The molecule has 4 heteroatoms. The lowest BCUT2D eigenvalue weighted by atomic mass is 10.4. The Morgan fingerprint density at radius 2 is 1.89 bits per heavy atom. The van der Waals surface area contributed by atoms with E-state index in [2.05, 4.69) is 64.3 Å². The molecule has 1 aromatic rings. The number of thioether (sulfide) groups is 1. The van der Waals surface area contributed by atoms with Crippen molar-refractivity contribution in [3.8, 4) is 0 Å². The van der Waals surface area contributed by atoms with Crippen LogP contribution in [0.2, 0.25) is 0 Å². The van der Waals surface area contributed by atoms with Crippen molar-refractivity contribution in [2.75, 3.05) is 38.5 Å². The Morgan fingerprint density at radius 3 is 2.56 bits per heavy atom. The first kappa shape index (κ1) is 16.0. The largest absolute Gasteiger partial charge is 0.315 e. The number of nitrogens with zero attached hydrogens (tertiary/aromatic N) is 1. The second-order valence-electron chi connectivity index (χ2n) is 4.06. The van der Waals surface area contributed by atoms with Gasteiger partial charge in [-0.2, -0.15) is 0 Å². The fourth-order valence-electron chi connectivity index (χ4n) is 1.70. The molecule has 1 rings (SSSR count). The van der Waals surface area contributed by atoms with Crippen LogP contribution in [0.1, 0.15) is 13.8 Å². The normalized spacial score (nSPS) is 11.1. The second kappa shape index (κ2) is 9.84. The first-order chi connectivity index (χ1) is 8.77. The molecule has 0 heterocycles. The third-order valence-electron chi connectivity index (χ3n) is 2.87. The molecule has 1 aromatic carbocycles. The van der Waals surface area contributed by atoms with E-state index in [9.17, 15) is 0 Å². The molecule has 0 fully saturated rings. The molecule has 0 aliphatic heterocycles. The average molecular weight is 331 g/mol. The van der Waals surface area contributed by atoms with E-state index < -0.39 is 0 Å². The number of hydrogen-bond donors (Lipinski definition) is 1. The van der Waals surface area contributed by atoms with Gasteiger partial charge >= 0.3 is 0 Å². The van der Waals surface area contributed by atoms with Crippen LogP contribution in [0.25, 0.3) is 0 Å². The van der Waals surface area contributed by atoms with Gasteiger partial charge in [0.1, 0.15) is 0 Å². The van der Waals surface area contributed by atoms with Crippen LogP contribution in [-0.2, 0) is 0 Å². The standard InChI is InChI=1S/C14H23BrN2S/c1-3-17(4-2)11-9-16-10-12-18-14-8-6-5-7-13(14)15/h5-8,16H,3-4,9-12H2,1-2H3. The summed E-state index contributed by atoms with van der Waals surface area (Å²) in [6.45, 7) is 10.0. The van der Waals surface area contributed by atoms with Crippen LogP contribution < -0.4 is 5.32 Å². The summed E-state index contributed by atoms with van der Waals surface area (Å²) in [7, 11) is 0. The number of hydrogen-bond acceptors (Lipinski definition) is 3. The number of benzene rings is 1. The Bertz CT molecular complexity index is 329. The lowest BCUT2D eigenvalue weighted by molar-refractivity contribution is 0.303. The van der Waals surface area contributed by atoms with Crippen LogP contribution in [0.15, 0.2) is 33.6 Å². The van der Waals surface area contributed by atoms with Crippen LogP contribution in [0.4, 0.5) is 0 Å². The van der Waals surface area contributed by atoms with Gasteiger partial charge in [0.25, 0.3) is 0 Å². The highest BCUT2D eigenvalue weighted by Gasteiger charge is 1.99. The molecule has 0 saturated carbocycles. The molecule has 0 unspecified atom stereocenters. The van der Waals surface area contributed by atoms with Crippen molar-refractivity contribution in [3.63, 3.8) is 0 Å². The molecule has 0 saturated heterocycles. The molecule has 0 aliphatic rings. The maximum atomic E-state index is 3.57. The smallest absolute Gasteiger partial charge is 0.0311 e. The Kier molecular flexibility index (Phi) is 8.76. The predicted molar refractivity (Wildman–Crippen MR) is 85.5 cm³/mol. The van der Waals surface area contributed by atoms with Gasteiger partial charge in [0.05, 0.1) is 0 Å². The molecular formula is C14H23BrN2S. The van der Waals surface area contributed by atoms with Crippen LogP contribution >= 0.6 is 27.7 Å². The molecule has 0 radical (unpaired) electrons. The summed E-state index contributed by atoms with van der Waals surface area (Å²) in [6, 6.07) is 8.39. The van der Waals surface area contributed by atoms with Gasteiger partial charge in [0.2, 0.25) is 0 Å². The summed E-state index contributed by atoms with van der Waals surface area (Å²) in [5, 5.41) is 3.50. The molecule has 0 amide bonds. The summed E-state index contributed by atoms with van der Waals surface area (Å²) in [5.41, 5.74) is 0. The minimum atomic E-state index is 1.06. The first-order valence-electron chi connectivity index (χ1n) is 6.58. The molecule has 102 valence electrons. The number of halogens is 1. The maximum absolute atomic E-state index is 3.57. The number of nitrogens with one attached hydrogen (secondary N) is 1. The summed E-state index contributed by atoms with van der Waals surface area (Å²) < 4.78 is 1.19. The van der Waals surface area contributed by atoms with Crippen LogP contribution in [0.5, 0.6) is 0 Å². The summed E-state index contributed by atoms with van der Waals surface area (Å²) >= 11 is 5.46. The lowest BCUT2D eigenvalue weighted by Gasteiger charge is -2.17. The highest BCUT2D eigenvalue weighted by molar-refractivity contribution is 9.10. The van der Waals surface area contributed by atoms with E-state index in [1.165, 1.54) is 9.37 Å². The Hall–Kier alpha value is -0.0300. The molecular weight excluding hydrogens is 308 g/mol. The van der Waals surface area contributed by atoms with Gasteiger partial charge in [-0.1, -0.05) is 26.0 Å². The molecule has 1 N–H and O–H groups in total. The van der Waals surface area contributed by atoms with Gasteiger partial charge in [0, 0.05) is 34.8 Å². The summed E-state index contributed by atoms with van der Waals surface area (Å²) in [4.78, 5) is 3.76. The lowest BCUT2D eigenvalue weighted by Crippen LogP contribution is -2.32. The van der Waals surface area contributed by atoms with Crippen molar-refractivity contribution in [2.45, 2.75) is 18.7 Å². The molecule has 0 spiro atoms. The topological polar surface area (TPSA) is 15.3 Å². The SMILES string of the molecule is CCN(CC)CCNCCSc1ccccc1Br. The van der Waals surface area contributed by atoms with Gasteiger partial charge in [-0.3, -0.25) is 0 Å². The minimum Gasteiger partial charge on any atom is -0.315 e. The third-order valence-corrected chi connectivity index (χ3v) is 4.90. The number of likely N-dealkylation sites (N-methyl/N-ethyl adjacent to an activating group) is 1. The van der Waals surface area contributed by atoms with Gasteiger partial charge in [0.15, 0.2) is 0 Å². The van der Waals surface area contributed by atoms with Crippen molar-refractivity contribution in [2.24, 2.45) is 0 Å². The average Bonchev–Trinajstić information content (AvgIpc) is 2.40. The quantitative estimate of drug-likeness (QED) is 0.551. The Balaban J connectivity index is 2.07. The van der Waals surface area contributed by atoms with E-state index in [1.54, 1.807) is 0 Å². The maximum Gasteiger partial charge on any atom is 0.0311 e. The first-order valence-corrected chi connectivity index (χ1v) is 8.36. The molecule has 0 atom stereocenters. The second-order valence-corrected chi connectivity index (χ2v) is 6.05. The molecule has 2 nitrogen and oxygen atoms in total. The van der Waals surface area contributed by atoms with E-state index >= 15 is 0 Å². The van der Waals surface area contributed by atoms with Crippen LogP contribution in [-0.4, -0.2) is 43.4 Å². The summed E-state index contributed by atoms with van der Waals surface area (Å²) in [6.07, 6.45) is 0. The van der Waals surface area contributed by atoms with E-state index in [-0.39, 0.29) is 0 Å². The predicted octanol–water partition coefficient (Wildman–Crippen LogP) is 3.47. The minimum absolute atomic E-state index is 1.06. The van der Waals surface area contributed by atoms with E-state index in [4.69, 9.17) is 0 Å². The monoisotopic (exact) mass is 330 g/mol. The van der Waals surface area contributed by atoms with Crippen molar-refractivity contribution in [3.05, 3.63) is 28.7 Å². The van der Waals surface area contributed by atoms with Gasteiger partial charge in [-0.25, -0.2) is 0 Å². The fourth-order valence-corrected chi connectivity index (χ4v) is 3.17. The number of rotatable bonds is 9. The zero-order valence-corrected chi connectivity index (χ0v) is 13.7. The molecule has 0 bridgehead atoms. The van der Waals surface area contributed by atoms with Crippen molar-refractivity contribution in [1.29, 1.82) is 0 Å².